The highest BCUT2D eigenvalue weighted by Crippen LogP contribution is 2.34. The smallest absolute Gasteiger partial charge is 0.462 e. The van der Waals surface area contributed by atoms with Gasteiger partial charge < -0.3 is 26.7 Å². The zero-order valence-corrected chi connectivity index (χ0v) is 23.7. The molecule has 0 unspecified atom stereocenters. The minimum absolute atomic E-state index is 0.318. The molecule has 0 saturated carbocycles. The monoisotopic (exact) mass is 606 g/mol. The molecule has 0 aliphatic rings. The van der Waals surface area contributed by atoms with Crippen LogP contribution < -0.4 is 4.98 Å². The van der Waals surface area contributed by atoms with Gasteiger partial charge in [0.15, 0.2) is 11.0 Å². The van der Waals surface area contributed by atoms with E-state index in [1.165, 1.54) is 0 Å². The summed E-state index contributed by atoms with van der Waals surface area (Å²) in [5.41, 5.74) is 7.96. The minimum atomic E-state index is -6.00. The van der Waals surface area contributed by atoms with E-state index in [4.69, 9.17) is 9.47 Å². The molecule has 5 rings (SSSR count). The van der Waals surface area contributed by atoms with Crippen LogP contribution in [-0.4, -0.2) is 43.7 Å². The van der Waals surface area contributed by atoms with E-state index in [0.29, 0.717) is 29.9 Å². The molecule has 4 aromatic carbocycles. The average Bonchev–Trinajstić information content (AvgIpc) is 3.46. The van der Waals surface area contributed by atoms with Crippen molar-refractivity contribution in [2.75, 3.05) is 13.2 Å². The number of aromatic amines is 2. The number of imidazole rings is 1. The Bertz CT molecular complexity index is 1660. The molecule has 1 aromatic heterocycles. The topological polar surface area (TPSA) is 99.6 Å². The second-order valence-electron chi connectivity index (χ2n) is 9.37. The van der Waals surface area contributed by atoms with Gasteiger partial charge in [-0.05, 0) is 73.5 Å². The Morgan fingerprint density at radius 3 is 1.59 bits per heavy atom. The zero-order valence-electron chi connectivity index (χ0n) is 23.7. The molecule has 0 atom stereocenters. The standard InChI is InChI=1S/C32H26N2O5.BF4/c1-3-38-31(36)24-13-9-21(10-14-24)26-17-18-27(22-11-15-25(16-12-22)32(37)39-4-2)29-28(26)33-30(34-29)23-7-5-20(19-35)6-8-23;2-1(3,4)5/h5-19H,3-4H2,1-2H3,(H,33,34);/q;-1/p+1. The van der Waals surface area contributed by atoms with Gasteiger partial charge in [0.05, 0.1) is 29.9 Å². The van der Waals surface area contributed by atoms with E-state index in [1.54, 1.807) is 50.2 Å². The Balaban J connectivity index is 0.000000818. The van der Waals surface area contributed by atoms with Gasteiger partial charge in [0, 0.05) is 16.7 Å². The van der Waals surface area contributed by atoms with Gasteiger partial charge in [-0.25, -0.2) is 19.6 Å². The molecule has 226 valence electrons. The summed E-state index contributed by atoms with van der Waals surface area (Å²) in [7, 11) is -6.00. The Morgan fingerprint density at radius 1 is 0.705 bits per heavy atom. The van der Waals surface area contributed by atoms with Crippen LogP contribution in [0.3, 0.4) is 0 Å². The van der Waals surface area contributed by atoms with E-state index in [2.05, 4.69) is 9.97 Å². The first-order valence-corrected chi connectivity index (χ1v) is 13.6. The third-order valence-corrected chi connectivity index (χ3v) is 6.45. The van der Waals surface area contributed by atoms with Crippen LogP contribution in [0.5, 0.6) is 0 Å². The molecular formula is C32H27BF4N2O5. The van der Waals surface area contributed by atoms with Crippen molar-refractivity contribution in [1.82, 2.24) is 4.98 Å². The number of aromatic nitrogens is 2. The fraction of sp³-hybridized carbons (Fsp3) is 0.125. The first kappa shape index (κ1) is 31.7. The normalized spacial score (nSPS) is 11.0. The van der Waals surface area contributed by atoms with Crippen LogP contribution in [0.15, 0.2) is 84.9 Å². The molecule has 5 aromatic rings. The number of esters is 2. The highest BCUT2D eigenvalue weighted by atomic mass is 19.5. The summed E-state index contributed by atoms with van der Waals surface area (Å²) in [6.07, 6.45) is 0.814. The van der Waals surface area contributed by atoms with Gasteiger partial charge in [0.25, 0.3) is 5.82 Å². The number of nitrogens with one attached hydrogen (secondary N) is 2. The summed E-state index contributed by atoms with van der Waals surface area (Å²) in [5, 5.41) is 0. The average molecular weight is 606 g/mol. The van der Waals surface area contributed by atoms with Gasteiger partial charge in [-0.3, -0.25) is 4.79 Å². The molecule has 7 nitrogen and oxygen atoms in total. The molecular weight excluding hydrogens is 579 g/mol. The number of fused-ring (bicyclic) bond motifs is 1. The first-order valence-electron chi connectivity index (χ1n) is 13.6. The summed E-state index contributed by atoms with van der Waals surface area (Å²) in [6.45, 7) is 4.19. The Hall–Kier alpha value is -5.26. The van der Waals surface area contributed by atoms with Crippen LogP contribution in [0, 0.1) is 0 Å². The molecule has 44 heavy (non-hydrogen) atoms. The van der Waals surface area contributed by atoms with Crippen molar-refractivity contribution in [3.05, 3.63) is 102 Å². The van der Waals surface area contributed by atoms with Gasteiger partial charge >= 0.3 is 19.2 Å². The van der Waals surface area contributed by atoms with E-state index in [1.807, 2.05) is 48.5 Å². The fourth-order valence-electron chi connectivity index (χ4n) is 4.50. The van der Waals surface area contributed by atoms with Gasteiger partial charge in [-0.2, -0.15) is 0 Å². The molecule has 0 aliphatic carbocycles. The van der Waals surface area contributed by atoms with E-state index in [0.717, 1.165) is 51.0 Å². The molecule has 0 spiro atoms. The van der Waals surface area contributed by atoms with E-state index >= 15 is 0 Å². The SMILES string of the molecule is CCOC(=O)c1ccc(-c2ccc(-c3ccc(C(=O)OCC)cc3)c3[nH+]c(-c4ccc(C=O)cc4)[nH]c23)cc1.F[B-](F)(F)F. The van der Waals surface area contributed by atoms with Crippen LogP contribution in [0.1, 0.15) is 44.9 Å². The van der Waals surface area contributed by atoms with Crippen LogP contribution in [-0.2, 0) is 9.47 Å². The lowest BCUT2D eigenvalue weighted by atomic mass is 9.97. The van der Waals surface area contributed by atoms with Crippen molar-refractivity contribution >= 4 is 36.5 Å². The van der Waals surface area contributed by atoms with Crippen molar-refractivity contribution in [1.29, 1.82) is 0 Å². The number of rotatable bonds is 8. The Labute approximate surface area is 250 Å². The van der Waals surface area contributed by atoms with Gasteiger partial charge in [-0.1, -0.05) is 36.4 Å². The summed E-state index contributed by atoms with van der Waals surface area (Å²) in [5.74, 6) is 0.0672. The summed E-state index contributed by atoms with van der Waals surface area (Å²) < 4.78 is 49.2. The van der Waals surface area contributed by atoms with Crippen molar-refractivity contribution in [2.24, 2.45) is 0 Å². The number of ether oxygens (including phenoxy) is 2. The Morgan fingerprint density at radius 2 is 1.14 bits per heavy atom. The van der Waals surface area contributed by atoms with Crippen LogP contribution in [0.2, 0.25) is 0 Å². The molecule has 0 aliphatic heterocycles. The maximum Gasteiger partial charge on any atom is 0.673 e. The van der Waals surface area contributed by atoms with Crippen LogP contribution >= 0.6 is 0 Å². The van der Waals surface area contributed by atoms with Crippen molar-refractivity contribution in [2.45, 2.75) is 13.8 Å². The van der Waals surface area contributed by atoms with Gasteiger partial charge in [-0.15, -0.1) is 0 Å². The molecule has 12 heteroatoms. The second-order valence-corrected chi connectivity index (χ2v) is 9.37. The molecule has 0 bridgehead atoms. The van der Waals surface area contributed by atoms with E-state index < -0.39 is 7.25 Å². The number of carbonyl (C=O) groups excluding carboxylic acids is 3. The van der Waals surface area contributed by atoms with Crippen LogP contribution in [0.25, 0.3) is 44.7 Å². The van der Waals surface area contributed by atoms with Crippen LogP contribution in [0.4, 0.5) is 17.3 Å². The third kappa shape index (κ3) is 7.77. The fourth-order valence-corrected chi connectivity index (χ4v) is 4.50. The predicted molar refractivity (Wildman–Crippen MR) is 159 cm³/mol. The molecule has 1 heterocycles. The molecule has 0 radical (unpaired) electrons. The van der Waals surface area contributed by atoms with Crippen molar-refractivity contribution in [3.8, 4) is 33.6 Å². The number of H-pyrrole nitrogens is 2. The molecule has 0 amide bonds. The summed E-state index contributed by atoms with van der Waals surface area (Å²) in [4.78, 5) is 42.4. The molecule has 0 fully saturated rings. The number of carbonyl (C=O) groups is 3. The summed E-state index contributed by atoms with van der Waals surface area (Å²) >= 11 is 0. The second kappa shape index (κ2) is 13.8. The highest BCUT2D eigenvalue weighted by Gasteiger charge is 2.22. The number of halogens is 4. The van der Waals surface area contributed by atoms with Gasteiger partial charge in [0.2, 0.25) is 0 Å². The minimum Gasteiger partial charge on any atom is -0.462 e. The summed E-state index contributed by atoms with van der Waals surface area (Å²) in [6, 6.07) is 26.0. The third-order valence-electron chi connectivity index (χ3n) is 6.45. The largest absolute Gasteiger partial charge is 0.673 e. The number of benzene rings is 4. The zero-order chi connectivity index (χ0) is 31.9. The lowest BCUT2D eigenvalue weighted by molar-refractivity contribution is -0.330. The quantitative estimate of drug-likeness (QED) is 0.0857. The number of hydrogen-bond donors (Lipinski definition) is 1. The predicted octanol–water partition coefficient (Wildman–Crippen LogP) is 7.45. The molecule has 0 saturated heterocycles. The number of hydrogen-bond acceptors (Lipinski definition) is 5. The van der Waals surface area contributed by atoms with E-state index in [9.17, 15) is 31.6 Å². The van der Waals surface area contributed by atoms with Gasteiger partial charge in [0.1, 0.15) is 6.29 Å². The first-order chi connectivity index (χ1) is 21.0. The van der Waals surface area contributed by atoms with Crippen molar-refractivity contribution < 1.29 is 46.1 Å². The lowest BCUT2D eigenvalue weighted by Gasteiger charge is -2.07. The van der Waals surface area contributed by atoms with Crippen molar-refractivity contribution in [3.63, 3.8) is 0 Å². The lowest BCUT2D eigenvalue weighted by Crippen LogP contribution is -2.05. The number of aldehydes is 1. The van der Waals surface area contributed by atoms with E-state index in [-0.39, 0.29) is 11.9 Å². The highest BCUT2D eigenvalue weighted by molar-refractivity contribution is 6.50. The maximum absolute atomic E-state index is 12.1. The Kier molecular flexibility index (Phi) is 9.94. The maximum atomic E-state index is 12.1. The molecule has 2 N–H and O–H groups in total.